The Hall–Kier alpha value is -1.58. The molecule has 0 radical (unpaired) electrons. The Labute approximate surface area is 127 Å². The van der Waals surface area contributed by atoms with E-state index < -0.39 is 5.97 Å². The zero-order valence-corrected chi connectivity index (χ0v) is 13.1. The van der Waals surface area contributed by atoms with Crippen molar-refractivity contribution in [2.24, 2.45) is 5.92 Å². The van der Waals surface area contributed by atoms with E-state index in [1.54, 1.807) is 12.1 Å². The van der Waals surface area contributed by atoms with Crippen molar-refractivity contribution >= 4 is 11.8 Å². The molecule has 0 bridgehead atoms. The predicted molar refractivity (Wildman–Crippen MR) is 84.9 cm³/mol. The van der Waals surface area contributed by atoms with Gasteiger partial charge in [0.15, 0.2) is 0 Å². The lowest BCUT2D eigenvalue weighted by molar-refractivity contribution is 0.0696. The maximum absolute atomic E-state index is 11.2. The molecule has 1 heterocycles. The molecular weight excluding hydrogens is 264 g/mol. The van der Waals surface area contributed by atoms with Gasteiger partial charge in [-0.05, 0) is 43.7 Å². The van der Waals surface area contributed by atoms with Crippen LogP contribution in [0.4, 0.5) is 5.82 Å². The van der Waals surface area contributed by atoms with Crippen LogP contribution in [0, 0.1) is 5.92 Å². The number of pyridine rings is 1. The summed E-state index contributed by atoms with van der Waals surface area (Å²) in [5.41, 5.74) is 1.19. The van der Waals surface area contributed by atoms with E-state index in [1.807, 2.05) is 0 Å². The van der Waals surface area contributed by atoms with Gasteiger partial charge in [0, 0.05) is 11.7 Å². The lowest BCUT2D eigenvalue weighted by Crippen LogP contribution is -2.20. The van der Waals surface area contributed by atoms with E-state index in [0.29, 0.717) is 11.6 Å². The van der Waals surface area contributed by atoms with Gasteiger partial charge >= 0.3 is 5.97 Å². The van der Waals surface area contributed by atoms with Crippen molar-refractivity contribution in [3.8, 4) is 0 Å². The second-order valence-corrected chi connectivity index (χ2v) is 6.24. The largest absolute Gasteiger partial charge is 0.478 e. The standard InChI is InChI=1S/C17H26N2O2/c1-3-5-15-10-13(17(20)21)11-16(19-15)18-14-7-4-6-12(2)8-9-14/h10-12,14H,3-9H2,1-2H3,(H,18,19)(H,20,21). The minimum absolute atomic E-state index is 0.331. The minimum Gasteiger partial charge on any atom is -0.478 e. The highest BCUT2D eigenvalue weighted by Crippen LogP contribution is 2.25. The Morgan fingerprint density at radius 3 is 2.86 bits per heavy atom. The van der Waals surface area contributed by atoms with E-state index in [1.165, 1.54) is 19.3 Å². The molecule has 1 aromatic rings. The molecular formula is C17H26N2O2. The summed E-state index contributed by atoms with van der Waals surface area (Å²) >= 11 is 0. The summed E-state index contributed by atoms with van der Waals surface area (Å²) < 4.78 is 0. The van der Waals surface area contributed by atoms with Crippen LogP contribution in [0.25, 0.3) is 0 Å². The third kappa shape index (κ3) is 4.73. The van der Waals surface area contributed by atoms with E-state index >= 15 is 0 Å². The number of nitrogens with zero attached hydrogens (tertiary/aromatic N) is 1. The average Bonchev–Trinajstić information content (AvgIpc) is 2.64. The summed E-state index contributed by atoms with van der Waals surface area (Å²) in [6.45, 7) is 4.39. The van der Waals surface area contributed by atoms with Gasteiger partial charge in [0.05, 0.1) is 5.56 Å². The lowest BCUT2D eigenvalue weighted by atomic mass is 10.0. The maximum Gasteiger partial charge on any atom is 0.335 e. The van der Waals surface area contributed by atoms with Crippen molar-refractivity contribution in [3.05, 3.63) is 23.4 Å². The van der Waals surface area contributed by atoms with Crippen LogP contribution in [-0.2, 0) is 6.42 Å². The van der Waals surface area contributed by atoms with Gasteiger partial charge in [-0.2, -0.15) is 0 Å². The topological polar surface area (TPSA) is 62.2 Å². The fraction of sp³-hybridized carbons (Fsp3) is 0.647. The fourth-order valence-corrected chi connectivity index (χ4v) is 3.01. The van der Waals surface area contributed by atoms with Crippen LogP contribution in [0.5, 0.6) is 0 Å². The molecule has 2 atom stereocenters. The molecule has 116 valence electrons. The van der Waals surface area contributed by atoms with Crippen molar-refractivity contribution in [2.45, 2.75) is 64.8 Å². The number of nitrogens with one attached hydrogen (secondary N) is 1. The minimum atomic E-state index is -0.882. The molecule has 2 N–H and O–H groups in total. The molecule has 0 amide bonds. The molecule has 21 heavy (non-hydrogen) atoms. The third-order valence-electron chi connectivity index (χ3n) is 4.24. The zero-order valence-electron chi connectivity index (χ0n) is 13.1. The molecule has 1 aromatic heterocycles. The van der Waals surface area contributed by atoms with Gasteiger partial charge in [0.1, 0.15) is 5.82 Å². The Balaban J connectivity index is 2.12. The van der Waals surface area contributed by atoms with E-state index in [4.69, 9.17) is 0 Å². The van der Waals surface area contributed by atoms with Crippen LogP contribution in [0.1, 0.15) is 68.4 Å². The van der Waals surface area contributed by atoms with E-state index in [9.17, 15) is 9.90 Å². The van der Waals surface area contributed by atoms with Gasteiger partial charge in [-0.25, -0.2) is 9.78 Å². The molecule has 1 aliphatic carbocycles. The number of carboxylic acids is 1. The summed E-state index contributed by atoms with van der Waals surface area (Å²) in [4.78, 5) is 15.8. The normalized spacial score (nSPS) is 22.6. The van der Waals surface area contributed by atoms with Gasteiger partial charge in [-0.15, -0.1) is 0 Å². The zero-order chi connectivity index (χ0) is 15.2. The third-order valence-corrected chi connectivity index (χ3v) is 4.24. The van der Waals surface area contributed by atoms with Crippen molar-refractivity contribution in [2.75, 3.05) is 5.32 Å². The first-order chi connectivity index (χ1) is 10.1. The first-order valence-corrected chi connectivity index (χ1v) is 8.09. The number of aromatic nitrogens is 1. The molecule has 1 fully saturated rings. The van der Waals surface area contributed by atoms with Crippen LogP contribution in [-0.4, -0.2) is 22.1 Å². The summed E-state index contributed by atoms with van der Waals surface area (Å²) in [6.07, 6.45) is 7.84. The van der Waals surface area contributed by atoms with Crippen molar-refractivity contribution < 1.29 is 9.90 Å². The highest BCUT2D eigenvalue weighted by atomic mass is 16.4. The first kappa shape index (κ1) is 15.8. The Bertz CT molecular complexity index is 488. The van der Waals surface area contributed by atoms with Crippen LogP contribution < -0.4 is 5.32 Å². The highest BCUT2D eigenvalue weighted by Gasteiger charge is 2.17. The molecule has 1 saturated carbocycles. The monoisotopic (exact) mass is 290 g/mol. The number of aryl methyl sites for hydroxylation is 1. The Morgan fingerprint density at radius 2 is 2.14 bits per heavy atom. The van der Waals surface area contributed by atoms with Crippen molar-refractivity contribution in [1.82, 2.24) is 4.98 Å². The molecule has 0 spiro atoms. The number of hydrogen-bond donors (Lipinski definition) is 2. The average molecular weight is 290 g/mol. The SMILES string of the molecule is CCCc1cc(C(=O)O)cc(NC2CCCC(C)CC2)n1. The van der Waals surface area contributed by atoms with Gasteiger partial charge in [-0.1, -0.05) is 33.1 Å². The molecule has 0 aliphatic heterocycles. The number of anilines is 1. The smallest absolute Gasteiger partial charge is 0.335 e. The molecule has 2 unspecified atom stereocenters. The molecule has 2 rings (SSSR count). The predicted octanol–water partition coefficient (Wildman–Crippen LogP) is 4.11. The summed E-state index contributed by atoms with van der Waals surface area (Å²) in [5, 5.41) is 12.7. The van der Waals surface area contributed by atoms with Gasteiger partial charge < -0.3 is 10.4 Å². The number of carboxylic acid groups (broad SMARTS) is 1. The van der Waals surface area contributed by atoms with E-state index in [0.717, 1.165) is 43.1 Å². The fourth-order valence-electron chi connectivity index (χ4n) is 3.01. The van der Waals surface area contributed by atoms with Crippen molar-refractivity contribution in [3.63, 3.8) is 0 Å². The second kappa shape index (κ2) is 7.43. The molecule has 0 saturated heterocycles. The number of hydrogen-bond acceptors (Lipinski definition) is 3. The van der Waals surface area contributed by atoms with Crippen molar-refractivity contribution in [1.29, 1.82) is 0 Å². The Kier molecular flexibility index (Phi) is 5.59. The highest BCUT2D eigenvalue weighted by molar-refractivity contribution is 5.88. The van der Waals surface area contributed by atoms with Gasteiger partial charge in [0.2, 0.25) is 0 Å². The quantitative estimate of drug-likeness (QED) is 0.801. The molecule has 4 heteroatoms. The molecule has 1 aliphatic rings. The van der Waals surface area contributed by atoms with Gasteiger partial charge in [-0.3, -0.25) is 0 Å². The first-order valence-electron chi connectivity index (χ1n) is 8.09. The molecule has 4 nitrogen and oxygen atoms in total. The second-order valence-electron chi connectivity index (χ2n) is 6.24. The number of rotatable bonds is 5. The van der Waals surface area contributed by atoms with Crippen LogP contribution in [0.15, 0.2) is 12.1 Å². The van der Waals surface area contributed by atoms with Crippen LogP contribution in [0.3, 0.4) is 0 Å². The van der Waals surface area contributed by atoms with E-state index in [-0.39, 0.29) is 0 Å². The Morgan fingerprint density at radius 1 is 1.33 bits per heavy atom. The maximum atomic E-state index is 11.2. The molecule has 0 aromatic carbocycles. The number of carbonyl (C=O) groups is 1. The summed E-state index contributed by atoms with van der Waals surface area (Å²) in [5.74, 6) is 0.635. The summed E-state index contributed by atoms with van der Waals surface area (Å²) in [6, 6.07) is 3.77. The summed E-state index contributed by atoms with van der Waals surface area (Å²) in [7, 11) is 0. The van der Waals surface area contributed by atoms with Crippen LogP contribution in [0.2, 0.25) is 0 Å². The van der Waals surface area contributed by atoms with Crippen LogP contribution >= 0.6 is 0 Å². The lowest BCUT2D eigenvalue weighted by Gasteiger charge is -2.18. The van der Waals surface area contributed by atoms with Gasteiger partial charge in [0.25, 0.3) is 0 Å². The van der Waals surface area contributed by atoms with E-state index in [2.05, 4.69) is 24.1 Å². The number of aromatic carboxylic acids is 1.